The molecule has 138 valence electrons. The molecule has 0 spiro atoms. The summed E-state index contributed by atoms with van der Waals surface area (Å²) in [5, 5.41) is 13.7. The number of alkyl halides is 3. The van der Waals surface area contributed by atoms with Crippen LogP contribution in [0.2, 0.25) is 0 Å². The third kappa shape index (κ3) is 3.73. The molecule has 0 radical (unpaired) electrons. The first-order valence-corrected chi connectivity index (χ1v) is 6.50. The summed E-state index contributed by atoms with van der Waals surface area (Å²) in [6, 6.07) is 4.56. The number of nitrogens with one attached hydrogen (secondary N) is 1. The van der Waals surface area contributed by atoms with E-state index in [4.69, 9.17) is 0 Å². The van der Waals surface area contributed by atoms with Crippen molar-refractivity contribution in [3.05, 3.63) is 68.8 Å². The van der Waals surface area contributed by atoms with E-state index >= 15 is 0 Å². The Morgan fingerprint density at radius 2 is 1.46 bits per heavy atom. The lowest BCUT2D eigenvalue weighted by Crippen LogP contribution is -2.16. The fourth-order valence-corrected chi connectivity index (χ4v) is 1.83. The molecule has 0 amide bonds. The third-order valence-corrected chi connectivity index (χ3v) is 3.04. The zero-order valence-corrected chi connectivity index (χ0v) is 12.2. The Kier molecular flexibility index (Phi) is 5.14. The smallest absolute Gasteiger partial charge is 0.272 e. The Labute approximate surface area is 139 Å². The molecule has 5 nitrogen and oxygen atoms in total. The fraction of sp³-hybridized carbons (Fsp3) is 0.0714. The van der Waals surface area contributed by atoms with Crippen molar-refractivity contribution < 1.29 is 35.7 Å². The van der Waals surface area contributed by atoms with Gasteiger partial charge in [0, 0.05) is 12.1 Å². The molecule has 1 N–H and O–H groups in total. The molecule has 2 aromatic carbocycles. The number of hydrazone groups is 1. The molecule has 2 rings (SSSR count). The van der Waals surface area contributed by atoms with Gasteiger partial charge in [-0.2, -0.15) is 18.3 Å². The van der Waals surface area contributed by atoms with Crippen LogP contribution in [0, 0.1) is 33.4 Å². The van der Waals surface area contributed by atoms with Crippen molar-refractivity contribution in [3.63, 3.8) is 0 Å². The van der Waals surface area contributed by atoms with Gasteiger partial charge < -0.3 is 0 Å². The van der Waals surface area contributed by atoms with Crippen LogP contribution in [0.5, 0.6) is 0 Å². The van der Waals surface area contributed by atoms with Crippen LogP contribution < -0.4 is 5.43 Å². The highest BCUT2D eigenvalue weighted by Gasteiger charge is 2.42. The van der Waals surface area contributed by atoms with Crippen molar-refractivity contribution in [2.45, 2.75) is 6.18 Å². The lowest BCUT2D eigenvalue weighted by Gasteiger charge is -2.13. The second-order valence-corrected chi connectivity index (χ2v) is 4.72. The normalized spacial score (nSPS) is 11.8. The molecule has 0 aliphatic carbocycles. The van der Waals surface area contributed by atoms with Crippen LogP contribution in [0.15, 0.2) is 29.4 Å². The number of non-ortho nitro benzene ring substituents is 1. The number of nitrogens with zero attached hydrogens (tertiary/aromatic N) is 2. The van der Waals surface area contributed by atoms with Gasteiger partial charge in [0.25, 0.3) is 5.69 Å². The van der Waals surface area contributed by atoms with E-state index in [1.54, 1.807) is 5.43 Å². The molecule has 0 unspecified atom stereocenters. The van der Waals surface area contributed by atoms with Gasteiger partial charge >= 0.3 is 6.18 Å². The van der Waals surface area contributed by atoms with Crippen LogP contribution in [0.25, 0.3) is 0 Å². The summed E-state index contributed by atoms with van der Waals surface area (Å²) in [5.41, 5.74) is -2.75. The van der Waals surface area contributed by atoms with E-state index in [2.05, 4.69) is 5.10 Å². The maximum absolute atomic E-state index is 13.6. The molecular weight excluding hydrogens is 375 g/mol. The van der Waals surface area contributed by atoms with Crippen LogP contribution in [-0.2, 0) is 6.18 Å². The van der Waals surface area contributed by atoms with E-state index in [9.17, 15) is 40.8 Å². The Hall–Kier alpha value is -3.18. The summed E-state index contributed by atoms with van der Waals surface area (Å²) in [6.07, 6.45) is -4.77. The summed E-state index contributed by atoms with van der Waals surface area (Å²) in [7, 11) is 0. The van der Waals surface area contributed by atoms with Crippen molar-refractivity contribution in [2.75, 3.05) is 5.43 Å². The van der Waals surface area contributed by atoms with Gasteiger partial charge in [0.05, 0.1) is 11.1 Å². The van der Waals surface area contributed by atoms with E-state index in [1.807, 2.05) is 0 Å². The van der Waals surface area contributed by atoms with Crippen molar-refractivity contribution in [1.29, 1.82) is 0 Å². The number of anilines is 1. The molecule has 12 heteroatoms. The highest BCUT2D eigenvalue weighted by Crippen LogP contribution is 2.38. The molecule has 0 saturated carbocycles. The molecule has 0 aromatic heterocycles. The summed E-state index contributed by atoms with van der Waals surface area (Å²) in [5.74, 6) is -9.86. The van der Waals surface area contributed by atoms with E-state index in [1.165, 1.54) is 12.1 Å². The number of halogens is 7. The first-order valence-electron chi connectivity index (χ1n) is 6.50. The minimum atomic E-state index is -5.64. The van der Waals surface area contributed by atoms with Gasteiger partial charge in [-0.25, -0.2) is 17.6 Å². The summed E-state index contributed by atoms with van der Waals surface area (Å²) < 4.78 is 91.4. The Morgan fingerprint density at radius 1 is 0.962 bits per heavy atom. The quantitative estimate of drug-likeness (QED) is 0.276. The Bertz CT molecular complexity index is 851. The van der Waals surface area contributed by atoms with Crippen LogP contribution in [0.1, 0.15) is 11.1 Å². The number of hydrogen-bond donors (Lipinski definition) is 1. The number of nitro groups is 1. The average Bonchev–Trinajstić information content (AvgIpc) is 2.55. The van der Waals surface area contributed by atoms with Gasteiger partial charge in [-0.05, 0) is 17.7 Å². The molecule has 0 saturated heterocycles. The first kappa shape index (κ1) is 19.1. The molecule has 0 aliphatic heterocycles. The van der Waals surface area contributed by atoms with E-state index in [0.717, 1.165) is 18.3 Å². The zero-order valence-electron chi connectivity index (χ0n) is 12.2. The standard InChI is InChI=1S/C14H6F7N3O2/c15-9-8(14(19,20)21)10(16)12(18)13(11(9)17)23-22-5-6-1-3-7(4-2-6)24(25)26/h1-5,23H/b22-5-. The topological polar surface area (TPSA) is 67.5 Å². The van der Waals surface area contributed by atoms with Gasteiger partial charge in [0.1, 0.15) is 11.3 Å². The predicted molar refractivity (Wildman–Crippen MR) is 75.6 cm³/mol. The van der Waals surface area contributed by atoms with Crippen molar-refractivity contribution in [1.82, 2.24) is 0 Å². The predicted octanol–water partition coefficient (Wildman–Crippen LogP) is 4.62. The summed E-state index contributed by atoms with van der Waals surface area (Å²) in [4.78, 5) is 9.79. The monoisotopic (exact) mass is 381 g/mol. The van der Waals surface area contributed by atoms with E-state index in [-0.39, 0.29) is 11.3 Å². The largest absolute Gasteiger partial charge is 0.422 e. The SMILES string of the molecule is O=[N+]([O-])c1ccc(/C=N\Nc2c(F)c(F)c(C(F)(F)F)c(F)c2F)cc1. The Balaban J connectivity index is 2.31. The van der Waals surface area contributed by atoms with Crippen LogP contribution in [-0.4, -0.2) is 11.1 Å². The Morgan fingerprint density at radius 3 is 1.88 bits per heavy atom. The molecule has 26 heavy (non-hydrogen) atoms. The maximum Gasteiger partial charge on any atom is 0.422 e. The minimum Gasteiger partial charge on any atom is -0.272 e. The fourth-order valence-electron chi connectivity index (χ4n) is 1.83. The van der Waals surface area contributed by atoms with Gasteiger partial charge in [-0.1, -0.05) is 0 Å². The van der Waals surface area contributed by atoms with Crippen LogP contribution in [0.4, 0.5) is 42.1 Å². The molecule has 0 heterocycles. The minimum absolute atomic E-state index is 0.191. The van der Waals surface area contributed by atoms with Gasteiger partial charge in [0.2, 0.25) is 0 Å². The van der Waals surface area contributed by atoms with E-state index in [0.29, 0.717) is 0 Å². The lowest BCUT2D eigenvalue weighted by molar-refractivity contribution is -0.384. The maximum atomic E-state index is 13.6. The third-order valence-electron chi connectivity index (χ3n) is 3.04. The molecule has 0 aliphatic rings. The lowest BCUT2D eigenvalue weighted by atomic mass is 10.1. The second-order valence-electron chi connectivity index (χ2n) is 4.72. The van der Waals surface area contributed by atoms with Crippen molar-refractivity contribution in [3.8, 4) is 0 Å². The molecule has 0 fully saturated rings. The van der Waals surface area contributed by atoms with Crippen LogP contribution >= 0.6 is 0 Å². The molecule has 0 bridgehead atoms. The van der Waals surface area contributed by atoms with Gasteiger partial charge in [0.15, 0.2) is 23.3 Å². The van der Waals surface area contributed by atoms with E-state index < -0.39 is 45.6 Å². The summed E-state index contributed by atoms with van der Waals surface area (Å²) >= 11 is 0. The molecular formula is C14H6F7N3O2. The number of hydrogen-bond acceptors (Lipinski definition) is 4. The van der Waals surface area contributed by atoms with Gasteiger partial charge in [-0.3, -0.25) is 15.5 Å². The van der Waals surface area contributed by atoms with Crippen LogP contribution in [0.3, 0.4) is 0 Å². The first-order chi connectivity index (χ1) is 12.0. The second kappa shape index (κ2) is 6.98. The molecule has 2 aromatic rings. The average molecular weight is 381 g/mol. The highest BCUT2D eigenvalue weighted by molar-refractivity contribution is 5.80. The number of rotatable bonds is 4. The zero-order chi connectivity index (χ0) is 19.6. The van der Waals surface area contributed by atoms with Crippen molar-refractivity contribution >= 4 is 17.6 Å². The van der Waals surface area contributed by atoms with Gasteiger partial charge in [-0.15, -0.1) is 0 Å². The number of benzene rings is 2. The summed E-state index contributed by atoms with van der Waals surface area (Å²) in [6.45, 7) is 0. The van der Waals surface area contributed by atoms with Crippen molar-refractivity contribution in [2.24, 2.45) is 5.10 Å². The highest BCUT2D eigenvalue weighted by atomic mass is 19.4. The number of nitro benzene ring substituents is 1. The molecule has 0 atom stereocenters.